The summed E-state index contributed by atoms with van der Waals surface area (Å²) in [7, 11) is 2.11. The van der Waals surface area contributed by atoms with E-state index in [1.54, 1.807) is 0 Å². The van der Waals surface area contributed by atoms with Gasteiger partial charge in [-0.1, -0.05) is 30.9 Å². The zero-order valence-corrected chi connectivity index (χ0v) is 14.7. The van der Waals surface area contributed by atoms with Gasteiger partial charge in [0.1, 0.15) is 18.5 Å². The van der Waals surface area contributed by atoms with E-state index in [9.17, 15) is 5.11 Å². The second-order valence-corrected chi connectivity index (χ2v) is 6.95. The van der Waals surface area contributed by atoms with E-state index in [-0.39, 0.29) is 0 Å². The fraction of sp³-hybridized carbons (Fsp3) is 0.667. The topological polar surface area (TPSA) is 32.7 Å². The highest BCUT2D eigenvalue weighted by Crippen LogP contribution is 2.26. The second kappa shape index (κ2) is 8.19. The lowest BCUT2D eigenvalue weighted by atomic mass is 9.94. The second-order valence-electron chi connectivity index (χ2n) is 6.57. The Morgan fingerprint density at radius 3 is 2.41 bits per heavy atom. The van der Waals surface area contributed by atoms with Crippen LogP contribution in [0.1, 0.15) is 43.2 Å². The molecule has 0 aliphatic heterocycles. The number of aryl methyl sites for hydroxylation is 2. The SMILES string of the molecule is Cc1cc(OCC(O)CN(C)C2CCCCC2)cc(C)c1Cl. The van der Waals surface area contributed by atoms with Crippen LogP contribution in [0.4, 0.5) is 0 Å². The Balaban J connectivity index is 1.80. The van der Waals surface area contributed by atoms with Crippen molar-refractivity contribution in [3.8, 4) is 5.75 Å². The molecule has 124 valence electrons. The van der Waals surface area contributed by atoms with E-state index in [4.69, 9.17) is 16.3 Å². The van der Waals surface area contributed by atoms with Crippen LogP contribution in [-0.2, 0) is 0 Å². The van der Waals surface area contributed by atoms with Crippen LogP contribution in [0.2, 0.25) is 5.02 Å². The molecule has 0 radical (unpaired) electrons. The predicted octanol–water partition coefficient (Wildman–Crippen LogP) is 3.96. The lowest BCUT2D eigenvalue weighted by Gasteiger charge is -2.32. The Morgan fingerprint density at radius 1 is 1.23 bits per heavy atom. The number of rotatable bonds is 6. The summed E-state index contributed by atoms with van der Waals surface area (Å²) >= 11 is 6.16. The number of aliphatic hydroxyl groups excluding tert-OH is 1. The molecule has 1 aliphatic rings. The summed E-state index contributed by atoms with van der Waals surface area (Å²) in [6.07, 6.45) is 6.00. The van der Waals surface area contributed by atoms with Crippen LogP contribution in [0.15, 0.2) is 12.1 Å². The van der Waals surface area contributed by atoms with Crippen LogP contribution in [0.5, 0.6) is 5.75 Å². The van der Waals surface area contributed by atoms with Crippen LogP contribution >= 0.6 is 11.6 Å². The van der Waals surface area contributed by atoms with Gasteiger partial charge < -0.3 is 14.7 Å². The maximum Gasteiger partial charge on any atom is 0.120 e. The minimum Gasteiger partial charge on any atom is -0.491 e. The molecular weight excluding hydrogens is 298 g/mol. The molecule has 1 fully saturated rings. The van der Waals surface area contributed by atoms with Crippen molar-refractivity contribution in [1.29, 1.82) is 0 Å². The third-order valence-electron chi connectivity index (χ3n) is 4.55. The quantitative estimate of drug-likeness (QED) is 0.859. The number of hydrogen-bond donors (Lipinski definition) is 1. The number of likely N-dealkylation sites (N-methyl/N-ethyl adjacent to an activating group) is 1. The molecule has 0 saturated heterocycles. The molecule has 0 aromatic heterocycles. The molecule has 1 aromatic carbocycles. The van der Waals surface area contributed by atoms with Crippen LogP contribution < -0.4 is 4.74 Å². The molecule has 4 heteroatoms. The van der Waals surface area contributed by atoms with E-state index in [0.717, 1.165) is 21.9 Å². The monoisotopic (exact) mass is 325 g/mol. The molecule has 1 atom stereocenters. The first-order valence-electron chi connectivity index (χ1n) is 8.25. The first-order chi connectivity index (χ1) is 10.5. The summed E-state index contributed by atoms with van der Waals surface area (Å²) in [4.78, 5) is 2.28. The van der Waals surface area contributed by atoms with Crippen molar-refractivity contribution in [2.75, 3.05) is 20.2 Å². The Bertz CT molecular complexity index is 463. The maximum atomic E-state index is 10.2. The zero-order valence-electron chi connectivity index (χ0n) is 13.9. The van der Waals surface area contributed by atoms with Gasteiger partial charge in [-0.25, -0.2) is 0 Å². The molecule has 2 rings (SSSR count). The van der Waals surface area contributed by atoms with Crippen molar-refractivity contribution in [3.05, 3.63) is 28.3 Å². The van der Waals surface area contributed by atoms with Gasteiger partial charge in [0, 0.05) is 17.6 Å². The van der Waals surface area contributed by atoms with Crippen molar-refractivity contribution in [1.82, 2.24) is 4.90 Å². The number of hydrogen-bond acceptors (Lipinski definition) is 3. The molecule has 1 saturated carbocycles. The van der Waals surface area contributed by atoms with Gasteiger partial charge in [-0.15, -0.1) is 0 Å². The smallest absolute Gasteiger partial charge is 0.120 e. The molecule has 1 aromatic rings. The van der Waals surface area contributed by atoms with Gasteiger partial charge in [-0.05, 0) is 57.0 Å². The van der Waals surface area contributed by atoms with E-state index < -0.39 is 6.10 Å². The van der Waals surface area contributed by atoms with Gasteiger partial charge in [0.05, 0.1) is 0 Å². The fourth-order valence-electron chi connectivity index (χ4n) is 3.24. The van der Waals surface area contributed by atoms with Gasteiger partial charge in [-0.3, -0.25) is 0 Å². The lowest BCUT2D eigenvalue weighted by molar-refractivity contribution is 0.0561. The van der Waals surface area contributed by atoms with Crippen LogP contribution in [0.3, 0.4) is 0 Å². The van der Waals surface area contributed by atoms with Gasteiger partial charge in [0.25, 0.3) is 0 Å². The number of halogens is 1. The largest absolute Gasteiger partial charge is 0.491 e. The average molecular weight is 326 g/mol. The molecule has 0 bridgehead atoms. The average Bonchev–Trinajstić information content (AvgIpc) is 2.51. The third kappa shape index (κ3) is 4.87. The van der Waals surface area contributed by atoms with Crippen LogP contribution in [0, 0.1) is 13.8 Å². The minimum atomic E-state index is -0.469. The molecule has 1 unspecified atom stereocenters. The first kappa shape index (κ1) is 17.6. The van der Waals surface area contributed by atoms with E-state index in [1.165, 1.54) is 32.1 Å². The molecule has 22 heavy (non-hydrogen) atoms. The molecule has 1 aliphatic carbocycles. The summed E-state index contributed by atoms with van der Waals surface area (Å²) in [5.74, 6) is 0.777. The van der Waals surface area contributed by atoms with Crippen molar-refractivity contribution in [2.45, 2.75) is 58.1 Å². The third-order valence-corrected chi connectivity index (χ3v) is 5.15. The van der Waals surface area contributed by atoms with Crippen molar-refractivity contribution in [2.24, 2.45) is 0 Å². The predicted molar refractivity (Wildman–Crippen MR) is 91.9 cm³/mol. The maximum absolute atomic E-state index is 10.2. The van der Waals surface area contributed by atoms with Crippen molar-refractivity contribution >= 4 is 11.6 Å². The molecule has 1 N–H and O–H groups in total. The first-order valence-corrected chi connectivity index (χ1v) is 8.63. The number of benzene rings is 1. The summed E-state index contributed by atoms with van der Waals surface area (Å²) in [6.45, 7) is 4.92. The highest BCUT2D eigenvalue weighted by atomic mass is 35.5. The van der Waals surface area contributed by atoms with E-state index >= 15 is 0 Å². The van der Waals surface area contributed by atoms with Gasteiger partial charge in [0.15, 0.2) is 0 Å². The van der Waals surface area contributed by atoms with E-state index in [0.29, 0.717) is 19.2 Å². The van der Waals surface area contributed by atoms with E-state index in [1.807, 2.05) is 26.0 Å². The summed E-state index contributed by atoms with van der Waals surface area (Å²) in [5.41, 5.74) is 2.01. The van der Waals surface area contributed by atoms with E-state index in [2.05, 4.69) is 11.9 Å². The fourth-order valence-corrected chi connectivity index (χ4v) is 3.35. The van der Waals surface area contributed by atoms with Gasteiger partial charge in [0.2, 0.25) is 0 Å². The zero-order chi connectivity index (χ0) is 16.1. The summed E-state index contributed by atoms with van der Waals surface area (Å²) in [5, 5.41) is 11.0. The molecular formula is C18H28ClNO2. The Kier molecular flexibility index (Phi) is 6.54. The summed E-state index contributed by atoms with van der Waals surface area (Å²) in [6, 6.07) is 4.46. The number of aliphatic hydroxyl groups is 1. The standard InChI is InChI=1S/C18H28ClNO2/c1-13-9-17(10-14(2)18(13)19)22-12-16(21)11-20(3)15-7-5-4-6-8-15/h9-10,15-16,21H,4-8,11-12H2,1-3H3. The van der Waals surface area contributed by atoms with Gasteiger partial charge in [-0.2, -0.15) is 0 Å². The van der Waals surface area contributed by atoms with Crippen LogP contribution in [-0.4, -0.2) is 42.4 Å². The Labute approximate surface area is 139 Å². The highest BCUT2D eigenvalue weighted by molar-refractivity contribution is 6.32. The van der Waals surface area contributed by atoms with Crippen molar-refractivity contribution in [3.63, 3.8) is 0 Å². The molecule has 0 amide bonds. The normalized spacial score (nSPS) is 17.7. The molecule has 3 nitrogen and oxygen atoms in total. The van der Waals surface area contributed by atoms with Crippen molar-refractivity contribution < 1.29 is 9.84 Å². The number of nitrogens with zero attached hydrogens (tertiary/aromatic N) is 1. The number of ether oxygens (including phenoxy) is 1. The molecule has 0 spiro atoms. The lowest BCUT2D eigenvalue weighted by Crippen LogP contribution is -2.40. The van der Waals surface area contributed by atoms with Crippen LogP contribution in [0.25, 0.3) is 0 Å². The highest BCUT2D eigenvalue weighted by Gasteiger charge is 2.20. The Morgan fingerprint density at radius 2 is 1.82 bits per heavy atom. The molecule has 0 heterocycles. The Hall–Kier alpha value is -0.770. The summed E-state index contributed by atoms with van der Waals surface area (Å²) < 4.78 is 5.74. The van der Waals surface area contributed by atoms with Gasteiger partial charge >= 0.3 is 0 Å². The minimum absolute atomic E-state index is 0.317.